The molecule has 2 aromatic carbocycles. The largest absolute Gasteiger partial charge is 0.507 e. The zero-order chi connectivity index (χ0) is 17.3. The molecule has 0 atom stereocenters. The normalized spacial score (nSPS) is 16.2. The van der Waals surface area contributed by atoms with E-state index in [1.807, 2.05) is 24.3 Å². The summed E-state index contributed by atoms with van der Waals surface area (Å²) in [4.78, 5) is 26.3. The van der Waals surface area contributed by atoms with E-state index in [9.17, 15) is 14.7 Å². The molecule has 2 amide bonds. The van der Waals surface area contributed by atoms with Gasteiger partial charge in [0.25, 0.3) is 11.1 Å². The highest BCUT2D eigenvalue weighted by molar-refractivity contribution is 14.1. The Morgan fingerprint density at radius 2 is 1.88 bits per heavy atom. The lowest BCUT2D eigenvalue weighted by molar-refractivity contribution is -0.123. The van der Waals surface area contributed by atoms with Gasteiger partial charge in [-0.3, -0.25) is 14.5 Å². The van der Waals surface area contributed by atoms with Crippen LogP contribution in [0.1, 0.15) is 11.1 Å². The summed E-state index contributed by atoms with van der Waals surface area (Å²) in [5.41, 5.74) is 1.64. The van der Waals surface area contributed by atoms with Gasteiger partial charge < -0.3 is 5.11 Å². The topological polar surface area (TPSA) is 57.6 Å². The summed E-state index contributed by atoms with van der Waals surface area (Å²) in [5.74, 6) is -0.174. The molecule has 3 rings (SSSR count). The van der Waals surface area contributed by atoms with Crippen molar-refractivity contribution in [3.8, 4) is 5.75 Å². The predicted molar refractivity (Wildman–Crippen MR) is 106 cm³/mol. The van der Waals surface area contributed by atoms with Gasteiger partial charge in [0.2, 0.25) is 0 Å². The molecule has 1 fully saturated rings. The van der Waals surface area contributed by atoms with Crippen molar-refractivity contribution in [1.29, 1.82) is 0 Å². The fourth-order valence-corrected chi connectivity index (χ4v) is 3.77. The highest BCUT2D eigenvalue weighted by Crippen LogP contribution is 2.34. The maximum Gasteiger partial charge on any atom is 0.293 e. The van der Waals surface area contributed by atoms with E-state index < -0.39 is 0 Å². The number of halogens is 2. The Hall–Kier alpha value is -1.32. The van der Waals surface area contributed by atoms with Crippen molar-refractivity contribution in [2.24, 2.45) is 0 Å². The third-order valence-corrected chi connectivity index (χ3v) is 5.66. The Balaban J connectivity index is 1.81. The molecule has 2 aromatic rings. The molecule has 122 valence electrons. The number of rotatable bonds is 3. The number of phenolic OH excluding ortho intramolecular Hbond substituents is 1. The third kappa shape index (κ3) is 3.84. The van der Waals surface area contributed by atoms with Gasteiger partial charge in [-0.2, -0.15) is 0 Å². The molecular formula is C17H11BrINO3S. The molecule has 0 unspecified atom stereocenters. The van der Waals surface area contributed by atoms with Crippen molar-refractivity contribution >= 4 is 67.5 Å². The monoisotopic (exact) mass is 515 g/mol. The smallest absolute Gasteiger partial charge is 0.293 e. The van der Waals surface area contributed by atoms with E-state index in [2.05, 4.69) is 38.5 Å². The molecule has 0 saturated carbocycles. The molecule has 1 aliphatic rings. The third-order valence-electron chi connectivity index (χ3n) is 3.40. The van der Waals surface area contributed by atoms with E-state index in [-0.39, 0.29) is 23.4 Å². The van der Waals surface area contributed by atoms with Gasteiger partial charge in [-0.15, -0.1) is 0 Å². The van der Waals surface area contributed by atoms with Crippen LogP contribution in [0.4, 0.5) is 4.79 Å². The molecule has 0 bridgehead atoms. The lowest BCUT2D eigenvalue weighted by Gasteiger charge is -2.12. The summed E-state index contributed by atoms with van der Waals surface area (Å²) in [6.07, 6.45) is 1.66. The van der Waals surface area contributed by atoms with Crippen molar-refractivity contribution in [3.05, 3.63) is 66.5 Å². The van der Waals surface area contributed by atoms with Crippen LogP contribution < -0.4 is 0 Å². The van der Waals surface area contributed by atoms with Crippen molar-refractivity contribution in [3.63, 3.8) is 0 Å². The Morgan fingerprint density at radius 3 is 2.54 bits per heavy atom. The van der Waals surface area contributed by atoms with E-state index in [1.54, 1.807) is 18.2 Å². The maximum absolute atomic E-state index is 12.5. The van der Waals surface area contributed by atoms with Gasteiger partial charge in [-0.1, -0.05) is 18.2 Å². The Bertz CT molecular complexity index is 851. The number of hydrogen-bond donors (Lipinski definition) is 1. The molecule has 1 aliphatic heterocycles. The van der Waals surface area contributed by atoms with Gasteiger partial charge in [0, 0.05) is 3.57 Å². The van der Waals surface area contributed by atoms with Crippen LogP contribution in [0.25, 0.3) is 6.08 Å². The average Bonchev–Trinajstić information content (AvgIpc) is 2.80. The maximum atomic E-state index is 12.5. The summed E-state index contributed by atoms with van der Waals surface area (Å²) in [7, 11) is 0. The first-order valence-electron chi connectivity index (χ1n) is 6.92. The van der Waals surface area contributed by atoms with Crippen molar-refractivity contribution in [1.82, 2.24) is 4.90 Å². The van der Waals surface area contributed by atoms with Gasteiger partial charge in [-0.25, -0.2) is 0 Å². The summed E-state index contributed by atoms with van der Waals surface area (Å²) in [5, 5.41) is 9.25. The minimum absolute atomic E-state index is 0.124. The van der Waals surface area contributed by atoms with Gasteiger partial charge in [0.15, 0.2) is 0 Å². The van der Waals surface area contributed by atoms with Gasteiger partial charge in [0.1, 0.15) is 5.75 Å². The number of imide groups is 1. The van der Waals surface area contributed by atoms with E-state index >= 15 is 0 Å². The van der Waals surface area contributed by atoms with Crippen molar-refractivity contribution in [2.45, 2.75) is 6.54 Å². The highest BCUT2D eigenvalue weighted by Gasteiger charge is 2.34. The standard InChI is InChI=1S/C17H11BrINO3S/c18-13-7-11(3-6-14(13)21)8-15-16(22)20(17(23)24-15)9-10-1-4-12(19)5-2-10/h1-8,21H,9H2/b15-8+. The second-order valence-corrected chi connectivity index (χ2v) is 8.20. The van der Waals surface area contributed by atoms with Crippen molar-refractivity contribution in [2.75, 3.05) is 0 Å². The zero-order valence-electron chi connectivity index (χ0n) is 12.2. The summed E-state index contributed by atoms with van der Waals surface area (Å²) < 4.78 is 1.64. The first kappa shape index (κ1) is 17.5. The van der Waals surface area contributed by atoms with Gasteiger partial charge in [0.05, 0.1) is 15.9 Å². The lowest BCUT2D eigenvalue weighted by atomic mass is 10.2. The van der Waals surface area contributed by atoms with E-state index in [0.29, 0.717) is 9.38 Å². The van der Waals surface area contributed by atoms with Crippen LogP contribution in [-0.4, -0.2) is 21.2 Å². The van der Waals surface area contributed by atoms with E-state index in [4.69, 9.17) is 0 Å². The number of amides is 2. The summed E-state index contributed by atoms with van der Waals surface area (Å²) in [6.45, 7) is 0.262. The fraction of sp³-hybridized carbons (Fsp3) is 0.0588. The number of carbonyl (C=O) groups excluding carboxylic acids is 2. The van der Waals surface area contributed by atoms with Crippen LogP contribution in [0.5, 0.6) is 5.75 Å². The minimum atomic E-state index is -0.298. The molecule has 0 aromatic heterocycles. The molecular weight excluding hydrogens is 505 g/mol. The number of hydrogen-bond acceptors (Lipinski definition) is 4. The van der Waals surface area contributed by atoms with Crippen LogP contribution in [0.15, 0.2) is 51.8 Å². The van der Waals surface area contributed by atoms with Crippen molar-refractivity contribution < 1.29 is 14.7 Å². The molecule has 1 heterocycles. The quantitative estimate of drug-likeness (QED) is 0.462. The molecule has 0 aliphatic carbocycles. The Kier molecular flexibility index (Phi) is 5.31. The number of nitrogens with zero attached hydrogens (tertiary/aromatic N) is 1. The second kappa shape index (κ2) is 7.28. The van der Waals surface area contributed by atoms with Gasteiger partial charge >= 0.3 is 0 Å². The molecule has 4 nitrogen and oxygen atoms in total. The number of aromatic hydroxyl groups is 1. The second-order valence-electron chi connectivity index (χ2n) is 5.11. The highest BCUT2D eigenvalue weighted by atomic mass is 127. The average molecular weight is 516 g/mol. The molecule has 0 spiro atoms. The molecule has 1 N–H and O–H groups in total. The first-order valence-corrected chi connectivity index (χ1v) is 9.61. The number of carbonyl (C=O) groups is 2. The van der Waals surface area contributed by atoms with Crippen LogP contribution in [0.3, 0.4) is 0 Å². The van der Waals surface area contributed by atoms with Crippen LogP contribution in [0.2, 0.25) is 0 Å². The number of phenols is 1. The van der Waals surface area contributed by atoms with Crippen LogP contribution in [0, 0.1) is 3.57 Å². The summed E-state index contributed by atoms with van der Waals surface area (Å²) >= 11 is 6.37. The number of thioether (sulfide) groups is 1. The van der Waals surface area contributed by atoms with E-state index in [1.165, 1.54) is 11.0 Å². The fourth-order valence-electron chi connectivity index (χ4n) is 2.17. The SMILES string of the molecule is O=C1S/C(=C/c2ccc(O)c(Br)c2)C(=O)N1Cc1ccc(I)cc1. The predicted octanol–water partition coefficient (Wildman–Crippen LogP) is 5.00. The first-order chi connectivity index (χ1) is 11.4. The minimum Gasteiger partial charge on any atom is -0.507 e. The van der Waals surface area contributed by atoms with Crippen LogP contribution in [-0.2, 0) is 11.3 Å². The molecule has 24 heavy (non-hydrogen) atoms. The lowest BCUT2D eigenvalue weighted by Crippen LogP contribution is -2.27. The Morgan fingerprint density at radius 1 is 1.17 bits per heavy atom. The number of benzene rings is 2. The van der Waals surface area contributed by atoms with Gasteiger partial charge in [-0.05, 0) is 91.8 Å². The van der Waals surface area contributed by atoms with E-state index in [0.717, 1.165) is 26.5 Å². The molecule has 0 radical (unpaired) electrons. The van der Waals surface area contributed by atoms with Crippen LogP contribution >= 0.6 is 50.3 Å². The summed E-state index contributed by atoms with van der Waals surface area (Å²) in [6, 6.07) is 12.6. The molecule has 7 heteroatoms. The molecule has 1 saturated heterocycles. The Labute approximate surface area is 165 Å². The zero-order valence-corrected chi connectivity index (χ0v) is 16.8.